The maximum atomic E-state index is 12.8. The van der Waals surface area contributed by atoms with Crippen LogP contribution < -0.4 is 19.7 Å². The largest absolute Gasteiger partial charge is 0.492 e. The monoisotopic (exact) mass is 417 g/mol. The van der Waals surface area contributed by atoms with Gasteiger partial charge in [-0.05, 0) is 61.9 Å². The van der Waals surface area contributed by atoms with E-state index in [9.17, 15) is 9.59 Å². The first-order valence-corrected chi connectivity index (χ1v) is 10.0. The number of carbonyl (C=O) groups excluding carboxylic acids is 2. The van der Waals surface area contributed by atoms with Crippen LogP contribution in [0.5, 0.6) is 11.5 Å². The van der Waals surface area contributed by atoms with Crippen molar-refractivity contribution in [3.8, 4) is 11.5 Å². The highest BCUT2D eigenvalue weighted by molar-refractivity contribution is 6.05. The fourth-order valence-electron chi connectivity index (χ4n) is 3.38. The number of rotatable bonds is 6. The quantitative estimate of drug-likeness (QED) is 0.659. The molecule has 0 aliphatic carbocycles. The van der Waals surface area contributed by atoms with Crippen LogP contribution in [0.25, 0.3) is 0 Å². The number of fused-ring (bicyclic) bond motifs is 1. The van der Waals surface area contributed by atoms with E-state index in [1.165, 1.54) is 6.20 Å². The first-order chi connectivity index (χ1) is 15.0. The number of nitrogens with zero attached hydrogens (tertiary/aromatic N) is 2. The number of nitrogens with one attached hydrogen (secondary N) is 1. The van der Waals surface area contributed by atoms with E-state index in [4.69, 9.17) is 9.47 Å². The zero-order valence-electron chi connectivity index (χ0n) is 17.4. The van der Waals surface area contributed by atoms with Gasteiger partial charge < -0.3 is 19.7 Å². The third kappa shape index (κ3) is 4.66. The Labute approximate surface area is 180 Å². The van der Waals surface area contributed by atoms with Gasteiger partial charge in [0.15, 0.2) is 6.10 Å². The van der Waals surface area contributed by atoms with Crippen molar-refractivity contribution in [2.24, 2.45) is 0 Å². The van der Waals surface area contributed by atoms with Crippen LogP contribution in [-0.2, 0) is 4.79 Å². The van der Waals surface area contributed by atoms with Gasteiger partial charge in [0.25, 0.3) is 11.8 Å². The molecule has 31 heavy (non-hydrogen) atoms. The van der Waals surface area contributed by atoms with Crippen LogP contribution in [0.1, 0.15) is 22.8 Å². The predicted molar refractivity (Wildman–Crippen MR) is 118 cm³/mol. The highest BCUT2D eigenvalue weighted by Gasteiger charge is 2.31. The molecule has 1 aliphatic rings. The van der Waals surface area contributed by atoms with Crippen molar-refractivity contribution in [2.45, 2.75) is 20.0 Å². The highest BCUT2D eigenvalue weighted by atomic mass is 16.5. The summed E-state index contributed by atoms with van der Waals surface area (Å²) in [5, 5.41) is 2.84. The first kappa shape index (κ1) is 20.4. The number of aryl methyl sites for hydroxylation is 1. The Hall–Kier alpha value is -3.87. The fourth-order valence-corrected chi connectivity index (χ4v) is 3.38. The molecule has 1 aromatic heterocycles. The van der Waals surface area contributed by atoms with Crippen LogP contribution in [-0.4, -0.2) is 36.1 Å². The van der Waals surface area contributed by atoms with Crippen LogP contribution in [0.3, 0.4) is 0 Å². The lowest BCUT2D eigenvalue weighted by molar-refractivity contribution is -0.125. The molecular weight excluding hydrogens is 394 g/mol. The summed E-state index contributed by atoms with van der Waals surface area (Å²) >= 11 is 0. The minimum absolute atomic E-state index is 0.156. The molecule has 0 saturated heterocycles. The summed E-state index contributed by atoms with van der Waals surface area (Å²) in [5.74, 6) is 0.906. The zero-order valence-corrected chi connectivity index (χ0v) is 17.4. The number of amides is 2. The van der Waals surface area contributed by atoms with Gasteiger partial charge in [0.05, 0.1) is 17.8 Å². The molecule has 3 aromatic rings. The molecule has 7 heteroatoms. The van der Waals surface area contributed by atoms with Gasteiger partial charge in [-0.1, -0.05) is 12.1 Å². The average molecular weight is 417 g/mol. The molecular formula is C24H23N3O4. The molecule has 0 spiro atoms. The highest BCUT2D eigenvalue weighted by Crippen LogP contribution is 2.36. The molecule has 158 valence electrons. The Morgan fingerprint density at radius 2 is 2.06 bits per heavy atom. The van der Waals surface area contributed by atoms with Gasteiger partial charge in [-0.3, -0.25) is 14.6 Å². The predicted octanol–water partition coefficient (Wildman–Crippen LogP) is 3.84. The lowest BCUT2D eigenvalue weighted by atomic mass is 10.1. The SMILES string of the molecule is Cc1cccc(OCCN2C(=O)C(C)Oc3ccc(NC(=O)c4cccnc4)cc32)c1. The van der Waals surface area contributed by atoms with Crippen LogP contribution in [0.15, 0.2) is 67.0 Å². The summed E-state index contributed by atoms with van der Waals surface area (Å²) in [6.45, 7) is 4.40. The van der Waals surface area contributed by atoms with Crippen molar-refractivity contribution in [3.05, 3.63) is 78.1 Å². The molecule has 1 unspecified atom stereocenters. The van der Waals surface area contributed by atoms with E-state index in [0.717, 1.165) is 11.3 Å². The second-order valence-corrected chi connectivity index (χ2v) is 7.29. The Kier molecular flexibility index (Phi) is 5.84. The molecule has 0 radical (unpaired) electrons. The van der Waals surface area contributed by atoms with E-state index >= 15 is 0 Å². The van der Waals surface area contributed by atoms with Crippen molar-refractivity contribution in [2.75, 3.05) is 23.4 Å². The minimum Gasteiger partial charge on any atom is -0.492 e. The van der Waals surface area contributed by atoms with E-state index in [1.54, 1.807) is 48.4 Å². The maximum absolute atomic E-state index is 12.8. The molecule has 7 nitrogen and oxygen atoms in total. The summed E-state index contributed by atoms with van der Waals surface area (Å²) < 4.78 is 11.6. The summed E-state index contributed by atoms with van der Waals surface area (Å²) in [6, 6.07) is 16.4. The van der Waals surface area contributed by atoms with E-state index < -0.39 is 6.10 Å². The van der Waals surface area contributed by atoms with E-state index in [-0.39, 0.29) is 11.8 Å². The van der Waals surface area contributed by atoms with Crippen LogP contribution in [0.4, 0.5) is 11.4 Å². The second kappa shape index (κ2) is 8.87. The third-order valence-corrected chi connectivity index (χ3v) is 4.92. The van der Waals surface area contributed by atoms with Gasteiger partial charge in [-0.2, -0.15) is 0 Å². The normalized spacial score (nSPS) is 15.1. The van der Waals surface area contributed by atoms with Gasteiger partial charge in [0.1, 0.15) is 18.1 Å². The molecule has 1 atom stereocenters. The number of carbonyl (C=O) groups is 2. The molecule has 0 fully saturated rings. The van der Waals surface area contributed by atoms with Crippen molar-refractivity contribution in [1.29, 1.82) is 0 Å². The number of anilines is 2. The molecule has 1 aliphatic heterocycles. The third-order valence-electron chi connectivity index (χ3n) is 4.92. The van der Waals surface area contributed by atoms with Crippen LogP contribution in [0, 0.1) is 6.92 Å². The number of hydrogen-bond donors (Lipinski definition) is 1. The number of benzene rings is 2. The fraction of sp³-hybridized carbons (Fsp3) is 0.208. The Balaban J connectivity index is 1.51. The van der Waals surface area contributed by atoms with Crippen molar-refractivity contribution in [1.82, 2.24) is 4.98 Å². The lowest BCUT2D eigenvalue weighted by Crippen LogP contribution is -2.46. The van der Waals surface area contributed by atoms with Crippen molar-refractivity contribution < 1.29 is 19.1 Å². The van der Waals surface area contributed by atoms with Crippen molar-refractivity contribution in [3.63, 3.8) is 0 Å². The number of hydrogen-bond acceptors (Lipinski definition) is 5. The number of aromatic nitrogens is 1. The van der Waals surface area contributed by atoms with Gasteiger partial charge in [0, 0.05) is 18.1 Å². The Morgan fingerprint density at radius 1 is 1.19 bits per heavy atom. The molecule has 2 amide bonds. The van der Waals surface area contributed by atoms with Gasteiger partial charge in [-0.25, -0.2) is 0 Å². The molecule has 4 rings (SSSR count). The standard InChI is InChI=1S/C24H23N3O4/c1-16-5-3-7-20(13-16)30-12-11-27-21-14-19(8-9-22(21)31-17(2)24(27)29)26-23(28)18-6-4-10-25-15-18/h3-10,13-15,17H,11-12H2,1-2H3,(H,26,28). The molecule has 2 aromatic carbocycles. The summed E-state index contributed by atoms with van der Waals surface area (Å²) in [6.07, 6.45) is 2.51. The summed E-state index contributed by atoms with van der Waals surface area (Å²) in [4.78, 5) is 30.8. The topological polar surface area (TPSA) is 80.8 Å². The molecule has 0 saturated carbocycles. The van der Waals surface area contributed by atoms with E-state index in [2.05, 4.69) is 10.3 Å². The van der Waals surface area contributed by atoms with E-state index in [0.29, 0.717) is 35.8 Å². The minimum atomic E-state index is -0.595. The van der Waals surface area contributed by atoms with E-state index in [1.807, 2.05) is 31.2 Å². The first-order valence-electron chi connectivity index (χ1n) is 10.0. The number of ether oxygens (including phenoxy) is 2. The second-order valence-electron chi connectivity index (χ2n) is 7.29. The average Bonchev–Trinajstić information content (AvgIpc) is 2.77. The van der Waals surface area contributed by atoms with Gasteiger partial charge in [-0.15, -0.1) is 0 Å². The zero-order chi connectivity index (χ0) is 21.8. The number of pyridine rings is 1. The van der Waals surface area contributed by atoms with Crippen LogP contribution in [0.2, 0.25) is 0 Å². The maximum Gasteiger partial charge on any atom is 0.267 e. The molecule has 0 bridgehead atoms. The van der Waals surface area contributed by atoms with Crippen molar-refractivity contribution >= 4 is 23.2 Å². The van der Waals surface area contributed by atoms with Gasteiger partial charge >= 0.3 is 0 Å². The van der Waals surface area contributed by atoms with Crippen LogP contribution >= 0.6 is 0 Å². The lowest BCUT2D eigenvalue weighted by Gasteiger charge is -2.33. The molecule has 1 N–H and O–H groups in total. The smallest absolute Gasteiger partial charge is 0.267 e. The summed E-state index contributed by atoms with van der Waals surface area (Å²) in [5.41, 5.74) is 2.71. The van der Waals surface area contributed by atoms with Gasteiger partial charge in [0.2, 0.25) is 0 Å². The Morgan fingerprint density at radius 3 is 2.84 bits per heavy atom. The molecule has 2 heterocycles. The summed E-state index contributed by atoms with van der Waals surface area (Å²) in [7, 11) is 0. The Bertz CT molecular complexity index is 1100.